The van der Waals surface area contributed by atoms with Crippen LogP contribution in [0.25, 0.3) is 0 Å². The van der Waals surface area contributed by atoms with Gasteiger partial charge in [0.05, 0.1) is 7.11 Å². The number of likely N-dealkylation sites (N-methyl/N-ethyl adjacent to an activating group) is 1. The normalized spacial score (nSPS) is 18.0. The number of ether oxygens (including phenoxy) is 1. The van der Waals surface area contributed by atoms with Gasteiger partial charge in [-0.2, -0.15) is 0 Å². The van der Waals surface area contributed by atoms with Gasteiger partial charge in [0.1, 0.15) is 5.75 Å². The second kappa shape index (κ2) is 7.81. The molecule has 1 aromatic rings. The van der Waals surface area contributed by atoms with Crippen LogP contribution in [0, 0.1) is 12.8 Å². The number of nitrogens with zero attached hydrogens (tertiary/aromatic N) is 1. The Kier molecular flexibility index (Phi) is 6.07. The van der Waals surface area contributed by atoms with E-state index in [2.05, 4.69) is 37.1 Å². The van der Waals surface area contributed by atoms with E-state index in [0.29, 0.717) is 12.6 Å². The first kappa shape index (κ1) is 16.3. The fourth-order valence-corrected chi connectivity index (χ4v) is 3.58. The van der Waals surface area contributed by atoms with Crippen LogP contribution >= 0.6 is 0 Å². The molecule has 1 unspecified atom stereocenters. The lowest BCUT2D eigenvalue weighted by molar-refractivity contribution is 0.185. The van der Waals surface area contributed by atoms with Gasteiger partial charge >= 0.3 is 0 Å². The van der Waals surface area contributed by atoms with Crippen molar-refractivity contribution in [2.75, 3.05) is 27.2 Å². The van der Waals surface area contributed by atoms with Gasteiger partial charge in [0, 0.05) is 19.1 Å². The molecular weight excluding hydrogens is 260 g/mol. The molecule has 3 nitrogen and oxygen atoms in total. The van der Waals surface area contributed by atoms with Crippen LogP contribution in [0.15, 0.2) is 18.2 Å². The largest absolute Gasteiger partial charge is 0.496 e. The Morgan fingerprint density at radius 3 is 2.57 bits per heavy atom. The Morgan fingerprint density at radius 1 is 1.29 bits per heavy atom. The van der Waals surface area contributed by atoms with E-state index in [4.69, 9.17) is 10.5 Å². The summed E-state index contributed by atoms with van der Waals surface area (Å²) in [5.74, 6) is 1.79. The quantitative estimate of drug-likeness (QED) is 0.871. The third-order valence-corrected chi connectivity index (χ3v) is 4.83. The minimum Gasteiger partial charge on any atom is -0.496 e. The standard InChI is InChI=1S/C18H30N2O/c1-14-11-16(9-10-18(14)21-3)17(12-19)20(2)13-15-7-5-4-6-8-15/h9-11,15,17H,4-8,12-13,19H2,1-3H3. The van der Waals surface area contributed by atoms with Crippen molar-refractivity contribution in [3.63, 3.8) is 0 Å². The predicted molar refractivity (Wildman–Crippen MR) is 88.7 cm³/mol. The van der Waals surface area contributed by atoms with Crippen molar-refractivity contribution in [3.05, 3.63) is 29.3 Å². The van der Waals surface area contributed by atoms with E-state index in [0.717, 1.165) is 18.2 Å². The molecule has 0 radical (unpaired) electrons. The van der Waals surface area contributed by atoms with Crippen LogP contribution in [-0.4, -0.2) is 32.1 Å². The fraction of sp³-hybridized carbons (Fsp3) is 0.667. The SMILES string of the molecule is COc1ccc(C(CN)N(C)CC2CCCCC2)cc1C. The van der Waals surface area contributed by atoms with Gasteiger partial charge in [-0.15, -0.1) is 0 Å². The number of methoxy groups -OCH3 is 1. The van der Waals surface area contributed by atoms with Crippen LogP contribution in [0.1, 0.15) is 49.3 Å². The Balaban J connectivity index is 2.05. The summed E-state index contributed by atoms with van der Waals surface area (Å²) in [5.41, 5.74) is 8.54. The number of benzene rings is 1. The zero-order valence-corrected chi connectivity index (χ0v) is 13.8. The van der Waals surface area contributed by atoms with Crippen LogP contribution in [-0.2, 0) is 0 Å². The summed E-state index contributed by atoms with van der Waals surface area (Å²) in [6, 6.07) is 6.73. The number of aryl methyl sites for hydroxylation is 1. The maximum atomic E-state index is 6.06. The Hall–Kier alpha value is -1.06. The second-order valence-electron chi connectivity index (χ2n) is 6.42. The average Bonchev–Trinajstić information content (AvgIpc) is 2.49. The van der Waals surface area contributed by atoms with Gasteiger partial charge in [0.15, 0.2) is 0 Å². The first-order chi connectivity index (χ1) is 10.2. The molecule has 1 aliphatic carbocycles. The number of hydrogen-bond donors (Lipinski definition) is 1. The summed E-state index contributed by atoms with van der Waals surface area (Å²) in [4.78, 5) is 2.44. The molecule has 1 atom stereocenters. The summed E-state index contributed by atoms with van der Waals surface area (Å²) < 4.78 is 5.35. The molecule has 2 N–H and O–H groups in total. The van der Waals surface area contributed by atoms with Gasteiger partial charge in [0.2, 0.25) is 0 Å². The van der Waals surface area contributed by atoms with Crippen molar-refractivity contribution in [1.82, 2.24) is 4.90 Å². The van der Waals surface area contributed by atoms with Crippen molar-refractivity contribution < 1.29 is 4.74 Å². The second-order valence-corrected chi connectivity index (χ2v) is 6.42. The third-order valence-electron chi connectivity index (χ3n) is 4.83. The molecule has 0 aromatic heterocycles. The maximum Gasteiger partial charge on any atom is 0.121 e. The van der Waals surface area contributed by atoms with E-state index in [1.54, 1.807) is 7.11 Å². The summed E-state index contributed by atoms with van der Waals surface area (Å²) >= 11 is 0. The summed E-state index contributed by atoms with van der Waals surface area (Å²) in [6.07, 6.45) is 6.96. The molecule has 1 saturated carbocycles. The summed E-state index contributed by atoms with van der Waals surface area (Å²) in [7, 11) is 3.93. The average molecular weight is 290 g/mol. The lowest BCUT2D eigenvalue weighted by Gasteiger charge is -2.32. The molecule has 0 bridgehead atoms. The molecule has 0 spiro atoms. The van der Waals surface area contributed by atoms with Crippen LogP contribution in [0.4, 0.5) is 0 Å². The number of rotatable bonds is 6. The third kappa shape index (κ3) is 4.21. The zero-order valence-electron chi connectivity index (χ0n) is 13.8. The molecule has 1 aromatic carbocycles. The van der Waals surface area contributed by atoms with Gasteiger partial charge in [-0.3, -0.25) is 4.90 Å². The smallest absolute Gasteiger partial charge is 0.121 e. The van der Waals surface area contributed by atoms with Gasteiger partial charge in [-0.25, -0.2) is 0 Å². The number of hydrogen-bond acceptors (Lipinski definition) is 3. The van der Waals surface area contributed by atoms with E-state index >= 15 is 0 Å². The highest BCUT2D eigenvalue weighted by atomic mass is 16.5. The Morgan fingerprint density at radius 2 is 2.00 bits per heavy atom. The molecule has 0 aliphatic heterocycles. The van der Waals surface area contributed by atoms with Gasteiger partial charge in [0.25, 0.3) is 0 Å². The molecule has 0 amide bonds. The topological polar surface area (TPSA) is 38.5 Å². The molecule has 2 rings (SSSR count). The van der Waals surface area contributed by atoms with E-state index in [9.17, 15) is 0 Å². The van der Waals surface area contributed by atoms with Crippen molar-refractivity contribution >= 4 is 0 Å². The van der Waals surface area contributed by atoms with Crippen molar-refractivity contribution in [3.8, 4) is 5.75 Å². The monoisotopic (exact) mass is 290 g/mol. The van der Waals surface area contributed by atoms with E-state index in [-0.39, 0.29) is 0 Å². The molecule has 21 heavy (non-hydrogen) atoms. The molecule has 3 heteroatoms. The first-order valence-corrected chi connectivity index (χ1v) is 8.20. The Labute approximate surface area is 129 Å². The highest BCUT2D eigenvalue weighted by Gasteiger charge is 2.21. The summed E-state index contributed by atoms with van der Waals surface area (Å²) in [6.45, 7) is 3.92. The fourth-order valence-electron chi connectivity index (χ4n) is 3.58. The van der Waals surface area contributed by atoms with Crippen LogP contribution < -0.4 is 10.5 Å². The van der Waals surface area contributed by atoms with E-state index in [1.807, 2.05) is 0 Å². The number of nitrogens with two attached hydrogens (primary N) is 1. The maximum absolute atomic E-state index is 6.06. The van der Waals surface area contributed by atoms with Gasteiger partial charge < -0.3 is 10.5 Å². The van der Waals surface area contributed by atoms with E-state index in [1.165, 1.54) is 43.2 Å². The highest BCUT2D eigenvalue weighted by molar-refractivity contribution is 5.37. The molecule has 0 heterocycles. The lowest BCUT2D eigenvalue weighted by Crippen LogP contribution is -2.34. The molecule has 0 saturated heterocycles. The molecule has 1 fully saturated rings. The zero-order chi connectivity index (χ0) is 15.2. The summed E-state index contributed by atoms with van der Waals surface area (Å²) in [5, 5.41) is 0. The Bertz CT molecular complexity index is 441. The van der Waals surface area contributed by atoms with Crippen molar-refractivity contribution in [2.24, 2.45) is 11.7 Å². The molecular formula is C18H30N2O. The highest BCUT2D eigenvalue weighted by Crippen LogP contribution is 2.29. The van der Waals surface area contributed by atoms with Gasteiger partial charge in [-0.1, -0.05) is 31.4 Å². The van der Waals surface area contributed by atoms with Crippen LogP contribution in [0.3, 0.4) is 0 Å². The van der Waals surface area contributed by atoms with Crippen molar-refractivity contribution in [2.45, 2.75) is 45.1 Å². The van der Waals surface area contributed by atoms with Crippen molar-refractivity contribution in [1.29, 1.82) is 0 Å². The molecule has 118 valence electrons. The van der Waals surface area contributed by atoms with Crippen LogP contribution in [0.5, 0.6) is 5.75 Å². The predicted octanol–water partition coefficient (Wildman–Crippen LogP) is 3.52. The van der Waals surface area contributed by atoms with Gasteiger partial charge in [-0.05, 0) is 49.9 Å². The minimum atomic E-state index is 0.302. The lowest BCUT2D eigenvalue weighted by atomic mass is 9.88. The van der Waals surface area contributed by atoms with Crippen LogP contribution in [0.2, 0.25) is 0 Å². The minimum absolute atomic E-state index is 0.302. The van der Waals surface area contributed by atoms with E-state index < -0.39 is 0 Å². The first-order valence-electron chi connectivity index (χ1n) is 8.20. The molecule has 1 aliphatic rings.